The van der Waals surface area contributed by atoms with Gasteiger partial charge in [-0.3, -0.25) is 4.79 Å². The number of carbonyl (C=O) groups excluding carboxylic acids is 1. The van der Waals surface area contributed by atoms with Crippen LogP contribution in [0.25, 0.3) is 0 Å². The second-order valence-electron chi connectivity index (χ2n) is 4.10. The number of carbonyl (C=O) groups is 1. The van der Waals surface area contributed by atoms with Gasteiger partial charge in [0.2, 0.25) is 0 Å². The van der Waals surface area contributed by atoms with Crippen molar-refractivity contribution in [2.45, 2.75) is 40.5 Å². The average Bonchev–Trinajstić information content (AvgIpc) is 2.06. The molecule has 11 heavy (non-hydrogen) atoms. The molecule has 62 valence electrons. The lowest BCUT2D eigenvalue weighted by Crippen LogP contribution is -2.15. The molecule has 0 aliphatic heterocycles. The minimum absolute atomic E-state index is 0.135. The van der Waals surface area contributed by atoms with E-state index in [-0.39, 0.29) is 11.2 Å². The van der Waals surface area contributed by atoms with Crippen molar-refractivity contribution in [3.05, 3.63) is 11.1 Å². The molecular formula is C10H16O. The molecule has 0 spiro atoms. The Kier molecular flexibility index (Phi) is 1.91. The van der Waals surface area contributed by atoms with Crippen LogP contribution in [0.4, 0.5) is 0 Å². The largest absolute Gasteiger partial charge is 0.295 e. The van der Waals surface area contributed by atoms with E-state index < -0.39 is 0 Å². The van der Waals surface area contributed by atoms with E-state index in [9.17, 15) is 4.79 Å². The number of hydrogen-bond acceptors (Lipinski definition) is 1. The molecule has 0 bridgehead atoms. The van der Waals surface area contributed by atoms with Gasteiger partial charge in [-0.25, -0.2) is 0 Å². The van der Waals surface area contributed by atoms with Gasteiger partial charge in [-0.05, 0) is 37.7 Å². The summed E-state index contributed by atoms with van der Waals surface area (Å²) in [5.74, 6) is 0.255. The summed E-state index contributed by atoms with van der Waals surface area (Å²) < 4.78 is 0. The second-order valence-corrected chi connectivity index (χ2v) is 4.10. The van der Waals surface area contributed by atoms with Gasteiger partial charge in [0.15, 0.2) is 5.78 Å². The summed E-state index contributed by atoms with van der Waals surface area (Å²) in [4.78, 5) is 11.2. The van der Waals surface area contributed by atoms with E-state index in [1.54, 1.807) is 6.92 Å². The van der Waals surface area contributed by atoms with Crippen LogP contribution in [0.2, 0.25) is 0 Å². The highest BCUT2D eigenvalue weighted by atomic mass is 16.1. The Morgan fingerprint density at radius 1 is 1.45 bits per heavy atom. The van der Waals surface area contributed by atoms with Crippen LogP contribution in [0.15, 0.2) is 11.1 Å². The van der Waals surface area contributed by atoms with Gasteiger partial charge in [-0.15, -0.1) is 0 Å². The molecule has 1 aliphatic carbocycles. The van der Waals surface area contributed by atoms with Gasteiger partial charge in [0.1, 0.15) is 0 Å². The minimum atomic E-state index is 0.135. The fraction of sp³-hybridized carbons (Fsp3) is 0.700. The molecule has 0 atom stereocenters. The normalized spacial score (nSPS) is 22.5. The molecule has 1 nitrogen and oxygen atoms in total. The Morgan fingerprint density at radius 3 is 2.18 bits per heavy atom. The maximum atomic E-state index is 11.2. The lowest BCUT2D eigenvalue weighted by molar-refractivity contribution is -0.114. The van der Waals surface area contributed by atoms with Gasteiger partial charge in [-0.2, -0.15) is 0 Å². The van der Waals surface area contributed by atoms with Crippen molar-refractivity contribution >= 4 is 5.78 Å². The first-order valence-corrected chi connectivity index (χ1v) is 4.16. The summed E-state index contributed by atoms with van der Waals surface area (Å²) in [5, 5.41) is 0. The van der Waals surface area contributed by atoms with Crippen LogP contribution in [0, 0.1) is 5.41 Å². The van der Waals surface area contributed by atoms with E-state index in [1.807, 2.05) is 0 Å². The summed E-state index contributed by atoms with van der Waals surface area (Å²) in [7, 11) is 0. The van der Waals surface area contributed by atoms with Crippen LogP contribution in [0.1, 0.15) is 40.5 Å². The van der Waals surface area contributed by atoms with Gasteiger partial charge >= 0.3 is 0 Å². The summed E-state index contributed by atoms with van der Waals surface area (Å²) in [6, 6.07) is 0. The van der Waals surface area contributed by atoms with Crippen molar-refractivity contribution in [3.63, 3.8) is 0 Å². The lowest BCUT2D eigenvalue weighted by Gasteiger charge is -2.20. The van der Waals surface area contributed by atoms with E-state index in [0.29, 0.717) is 0 Å². The van der Waals surface area contributed by atoms with Crippen LogP contribution < -0.4 is 0 Å². The van der Waals surface area contributed by atoms with Gasteiger partial charge in [0.25, 0.3) is 0 Å². The van der Waals surface area contributed by atoms with Crippen LogP contribution in [0.3, 0.4) is 0 Å². The Hall–Kier alpha value is -0.590. The molecule has 0 unspecified atom stereocenters. The van der Waals surface area contributed by atoms with Crippen molar-refractivity contribution in [2.75, 3.05) is 0 Å². The van der Waals surface area contributed by atoms with Crippen molar-refractivity contribution in [1.29, 1.82) is 0 Å². The number of rotatable bonds is 1. The van der Waals surface area contributed by atoms with E-state index in [4.69, 9.17) is 0 Å². The molecule has 0 aromatic heterocycles. The van der Waals surface area contributed by atoms with E-state index in [2.05, 4.69) is 20.8 Å². The first-order chi connectivity index (χ1) is 4.95. The molecule has 0 saturated carbocycles. The van der Waals surface area contributed by atoms with E-state index in [1.165, 1.54) is 5.57 Å². The summed E-state index contributed by atoms with van der Waals surface area (Å²) in [5.41, 5.74) is 2.50. The van der Waals surface area contributed by atoms with Crippen molar-refractivity contribution in [2.24, 2.45) is 5.41 Å². The number of allylic oxidation sites excluding steroid dienone is 2. The molecule has 0 heterocycles. The molecule has 0 aromatic carbocycles. The zero-order chi connectivity index (χ0) is 8.65. The molecule has 1 rings (SSSR count). The third kappa shape index (κ3) is 1.37. The fourth-order valence-electron chi connectivity index (χ4n) is 2.10. The Morgan fingerprint density at radius 2 is 2.00 bits per heavy atom. The summed E-state index contributed by atoms with van der Waals surface area (Å²) in [6.07, 6.45) is 2.23. The molecule has 0 radical (unpaired) electrons. The molecule has 0 fully saturated rings. The van der Waals surface area contributed by atoms with Crippen molar-refractivity contribution < 1.29 is 4.79 Å². The minimum Gasteiger partial charge on any atom is -0.295 e. The molecule has 0 saturated heterocycles. The van der Waals surface area contributed by atoms with Crippen LogP contribution >= 0.6 is 0 Å². The van der Waals surface area contributed by atoms with Crippen LogP contribution in [-0.2, 0) is 4.79 Å². The standard InChI is InChI=1S/C10H16O/c1-7-5-6-10(3,4)9(7)8(2)11/h5-6H2,1-4H3. The van der Waals surface area contributed by atoms with Gasteiger partial charge in [0, 0.05) is 0 Å². The lowest BCUT2D eigenvalue weighted by atomic mass is 9.83. The fourth-order valence-corrected chi connectivity index (χ4v) is 2.10. The van der Waals surface area contributed by atoms with E-state index in [0.717, 1.165) is 18.4 Å². The number of hydrogen-bond donors (Lipinski definition) is 0. The number of ketones is 1. The summed E-state index contributed by atoms with van der Waals surface area (Å²) in [6.45, 7) is 8.05. The summed E-state index contributed by atoms with van der Waals surface area (Å²) >= 11 is 0. The SMILES string of the molecule is CC(=O)C1=C(C)CCC1(C)C. The zero-order valence-corrected chi connectivity index (χ0v) is 7.82. The zero-order valence-electron chi connectivity index (χ0n) is 7.82. The molecule has 0 amide bonds. The van der Waals surface area contributed by atoms with Crippen molar-refractivity contribution in [1.82, 2.24) is 0 Å². The Balaban J connectivity index is 3.04. The maximum Gasteiger partial charge on any atom is 0.156 e. The molecule has 1 heteroatoms. The molecule has 0 aromatic rings. The van der Waals surface area contributed by atoms with Gasteiger partial charge in [0.05, 0.1) is 0 Å². The highest BCUT2D eigenvalue weighted by Gasteiger charge is 2.32. The van der Waals surface area contributed by atoms with Crippen LogP contribution in [0.5, 0.6) is 0 Å². The second kappa shape index (κ2) is 2.47. The van der Waals surface area contributed by atoms with Crippen molar-refractivity contribution in [3.8, 4) is 0 Å². The monoisotopic (exact) mass is 152 g/mol. The Bertz CT molecular complexity index is 221. The first kappa shape index (κ1) is 8.51. The Labute approximate surface area is 68.5 Å². The predicted molar refractivity (Wildman–Crippen MR) is 46.4 cm³/mol. The average molecular weight is 152 g/mol. The maximum absolute atomic E-state index is 11.2. The van der Waals surface area contributed by atoms with Crippen LogP contribution in [-0.4, -0.2) is 5.78 Å². The molecular weight excluding hydrogens is 136 g/mol. The van der Waals surface area contributed by atoms with Gasteiger partial charge in [-0.1, -0.05) is 19.4 Å². The molecule has 1 aliphatic rings. The first-order valence-electron chi connectivity index (χ1n) is 4.16. The highest BCUT2D eigenvalue weighted by Crippen LogP contribution is 2.42. The highest BCUT2D eigenvalue weighted by molar-refractivity contribution is 5.95. The van der Waals surface area contributed by atoms with E-state index >= 15 is 0 Å². The predicted octanol–water partition coefficient (Wildman–Crippen LogP) is 2.71. The van der Waals surface area contributed by atoms with Gasteiger partial charge < -0.3 is 0 Å². The molecule has 0 N–H and O–H groups in total. The third-order valence-corrected chi connectivity index (χ3v) is 2.58. The number of Topliss-reactive ketones (excluding diaryl/α,β-unsaturated/α-hetero) is 1. The quantitative estimate of drug-likeness (QED) is 0.564. The topological polar surface area (TPSA) is 17.1 Å². The smallest absolute Gasteiger partial charge is 0.156 e. The third-order valence-electron chi connectivity index (χ3n) is 2.58.